The van der Waals surface area contributed by atoms with E-state index in [0.717, 1.165) is 19.4 Å². The zero-order valence-electron chi connectivity index (χ0n) is 8.61. The maximum atomic E-state index is 8.61. The number of rotatable bonds is 6. The third kappa shape index (κ3) is 3.85. The van der Waals surface area contributed by atoms with E-state index in [1.807, 2.05) is 12.3 Å². The molecule has 0 saturated carbocycles. The highest BCUT2D eigenvalue weighted by Gasteiger charge is 2.02. The molecule has 1 aromatic rings. The monoisotopic (exact) mass is 194 g/mol. The molecular weight excluding hydrogens is 176 g/mol. The van der Waals surface area contributed by atoms with Gasteiger partial charge in [0, 0.05) is 25.0 Å². The van der Waals surface area contributed by atoms with Crippen LogP contribution in [0, 0.1) is 0 Å². The number of hydrogen-bond acceptors (Lipinski definition) is 3. The first-order valence-electron chi connectivity index (χ1n) is 5.08. The van der Waals surface area contributed by atoms with Gasteiger partial charge in [0.25, 0.3) is 0 Å². The van der Waals surface area contributed by atoms with Gasteiger partial charge >= 0.3 is 0 Å². The predicted octanol–water partition coefficient (Wildman–Crippen LogP) is 1.50. The summed E-state index contributed by atoms with van der Waals surface area (Å²) in [5, 5.41) is 12.0. The largest absolute Gasteiger partial charge is 0.396 e. The Kier molecular flexibility index (Phi) is 5.19. The molecule has 1 atom stereocenters. The van der Waals surface area contributed by atoms with E-state index >= 15 is 0 Å². The number of aliphatic hydroxyl groups is 1. The van der Waals surface area contributed by atoms with Gasteiger partial charge < -0.3 is 10.4 Å². The number of pyridine rings is 1. The van der Waals surface area contributed by atoms with Crippen LogP contribution in [0.5, 0.6) is 0 Å². The van der Waals surface area contributed by atoms with Crippen LogP contribution in [0.1, 0.15) is 31.4 Å². The lowest BCUT2D eigenvalue weighted by molar-refractivity contribution is 0.283. The van der Waals surface area contributed by atoms with E-state index in [9.17, 15) is 0 Å². The Morgan fingerprint density at radius 1 is 1.50 bits per heavy atom. The van der Waals surface area contributed by atoms with Crippen molar-refractivity contribution in [2.24, 2.45) is 0 Å². The minimum Gasteiger partial charge on any atom is -0.396 e. The first-order chi connectivity index (χ1) is 6.84. The molecule has 0 spiro atoms. The lowest BCUT2D eigenvalue weighted by Crippen LogP contribution is -2.20. The van der Waals surface area contributed by atoms with Crippen molar-refractivity contribution in [3.63, 3.8) is 0 Å². The predicted molar refractivity (Wildman–Crippen MR) is 57.0 cm³/mol. The fourth-order valence-electron chi connectivity index (χ4n) is 1.31. The molecule has 14 heavy (non-hydrogen) atoms. The molecule has 0 fully saturated rings. The van der Waals surface area contributed by atoms with Crippen LogP contribution in [0.25, 0.3) is 0 Å². The van der Waals surface area contributed by atoms with Crippen molar-refractivity contribution in [2.45, 2.75) is 25.8 Å². The van der Waals surface area contributed by atoms with E-state index in [2.05, 4.69) is 23.3 Å². The summed E-state index contributed by atoms with van der Waals surface area (Å²) in [5.74, 6) is 0. The third-order valence-corrected chi connectivity index (χ3v) is 2.22. The molecule has 0 bridgehead atoms. The minimum atomic E-state index is 0.281. The summed E-state index contributed by atoms with van der Waals surface area (Å²) in [7, 11) is 0. The molecule has 78 valence electrons. The van der Waals surface area contributed by atoms with Crippen LogP contribution in [-0.2, 0) is 0 Å². The molecule has 0 aromatic carbocycles. The van der Waals surface area contributed by atoms with Gasteiger partial charge in [-0.2, -0.15) is 0 Å². The molecule has 0 radical (unpaired) electrons. The van der Waals surface area contributed by atoms with E-state index in [-0.39, 0.29) is 6.61 Å². The molecular formula is C11H18N2O. The lowest BCUT2D eigenvalue weighted by atomic mass is 10.1. The van der Waals surface area contributed by atoms with Crippen molar-refractivity contribution in [2.75, 3.05) is 13.2 Å². The highest BCUT2D eigenvalue weighted by molar-refractivity contribution is 5.12. The van der Waals surface area contributed by atoms with Gasteiger partial charge in [0.05, 0.1) is 0 Å². The van der Waals surface area contributed by atoms with Gasteiger partial charge in [-0.1, -0.05) is 6.07 Å². The van der Waals surface area contributed by atoms with Crippen molar-refractivity contribution < 1.29 is 5.11 Å². The van der Waals surface area contributed by atoms with Gasteiger partial charge in [-0.3, -0.25) is 4.98 Å². The lowest BCUT2D eigenvalue weighted by Gasteiger charge is -2.13. The summed E-state index contributed by atoms with van der Waals surface area (Å²) in [6, 6.07) is 4.35. The van der Waals surface area contributed by atoms with Gasteiger partial charge in [0.15, 0.2) is 0 Å². The maximum Gasteiger partial charge on any atom is 0.0431 e. The van der Waals surface area contributed by atoms with Crippen molar-refractivity contribution in [3.05, 3.63) is 30.1 Å². The number of unbranched alkanes of at least 4 members (excludes halogenated alkanes) is 1. The zero-order valence-corrected chi connectivity index (χ0v) is 8.61. The summed E-state index contributed by atoms with van der Waals surface area (Å²) in [6.07, 6.45) is 5.54. The first kappa shape index (κ1) is 11.1. The van der Waals surface area contributed by atoms with Crippen LogP contribution in [-0.4, -0.2) is 23.2 Å². The summed E-state index contributed by atoms with van der Waals surface area (Å²) in [6.45, 7) is 3.34. The fraction of sp³-hybridized carbons (Fsp3) is 0.545. The molecule has 1 heterocycles. The van der Waals surface area contributed by atoms with Crippen LogP contribution >= 0.6 is 0 Å². The Balaban J connectivity index is 2.25. The molecule has 3 heteroatoms. The van der Waals surface area contributed by atoms with Crippen molar-refractivity contribution in [1.29, 1.82) is 0 Å². The Labute approximate surface area is 85.2 Å². The van der Waals surface area contributed by atoms with E-state index in [0.29, 0.717) is 6.04 Å². The second-order valence-corrected chi connectivity index (χ2v) is 3.39. The third-order valence-electron chi connectivity index (χ3n) is 2.22. The number of nitrogens with one attached hydrogen (secondary N) is 1. The quantitative estimate of drug-likeness (QED) is 0.675. The van der Waals surface area contributed by atoms with Gasteiger partial charge in [-0.05, 0) is 37.9 Å². The summed E-state index contributed by atoms with van der Waals surface area (Å²) < 4.78 is 0. The molecule has 1 aromatic heterocycles. The van der Waals surface area contributed by atoms with Crippen molar-refractivity contribution in [3.8, 4) is 0 Å². The summed E-state index contributed by atoms with van der Waals surface area (Å²) in [4.78, 5) is 4.07. The first-order valence-corrected chi connectivity index (χ1v) is 5.08. The highest BCUT2D eigenvalue weighted by Crippen LogP contribution is 2.09. The van der Waals surface area contributed by atoms with Gasteiger partial charge in [-0.15, -0.1) is 0 Å². The molecule has 0 saturated heterocycles. The SMILES string of the molecule is CC(NCCCCO)c1cccnc1. The van der Waals surface area contributed by atoms with Gasteiger partial charge in [-0.25, -0.2) is 0 Å². The normalized spacial score (nSPS) is 12.7. The molecule has 0 aliphatic carbocycles. The number of hydrogen-bond donors (Lipinski definition) is 2. The van der Waals surface area contributed by atoms with E-state index in [1.54, 1.807) is 6.20 Å². The molecule has 2 N–H and O–H groups in total. The van der Waals surface area contributed by atoms with E-state index in [4.69, 9.17) is 5.11 Å². The zero-order chi connectivity index (χ0) is 10.2. The van der Waals surface area contributed by atoms with Crippen LogP contribution in [0.2, 0.25) is 0 Å². The van der Waals surface area contributed by atoms with E-state index in [1.165, 1.54) is 5.56 Å². The smallest absolute Gasteiger partial charge is 0.0431 e. The average molecular weight is 194 g/mol. The second-order valence-electron chi connectivity index (χ2n) is 3.39. The summed E-state index contributed by atoms with van der Waals surface area (Å²) >= 11 is 0. The van der Waals surface area contributed by atoms with Crippen LogP contribution in [0.15, 0.2) is 24.5 Å². The number of aromatic nitrogens is 1. The molecule has 3 nitrogen and oxygen atoms in total. The molecule has 1 unspecified atom stereocenters. The Hall–Kier alpha value is -0.930. The van der Waals surface area contributed by atoms with Crippen LogP contribution in [0.4, 0.5) is 0 Å². The van der Waals surface area contributed by atoms with Crippen LogP contribution < -0.4 is 5.32 Å². The summed E-state index contributed by atoms with van der Waals surface area (Å²) in [5.41, 5.74) is 1.21. The van der Waals surface area contributed by atoms with E-state index < -0.39 is 0 Å². The second kappa shape index (κ2) is 6.51. The molecule has 1 rings (SSSR count). The minimum absolute atomic E-state index is 0.281. The molecule has 0 amide bonds. The Morgan fingerprint density at radius 3 is 3.00 bits per heavy atom. The molecule has 0 aliphatic heterocycles. The number of aliphatic hydroxyl groups excluding tert-OH is 1. The Bertz CT molecular complexity index is 238. The van der Waals surface area contributed by atoms with Crippen molar-refractivity contribution in [1.82, 2.24) is 10.3 Å². The van der Waals surface area contributed by atoms with Gasteiger partial charge in [0.2, 0.25) is 0 Å². The average Bonchev–Trinajstić information content (AvgIpc) is 2.25. The van der Waals surface area contributed by atoms with Crippen molar-refractivity contribution >= 4 is 0 Å². The topological polar surface area (TPSA) is 45.1 Å². The van der Waals surface area contributed by atoms with Crippen LogP contribution in [0.3, 0.4) is 0 Å². The van der Waals surface area contributed by atoms with Gasteiger partial charge in [0.1, 0.15) is 0 Å². The highest BCUT2D eigenvalue weighted by atomic mass is 16.2. The molecule has 0 aliphatic rings. The number of nitrogens with zero attached hydrogens (tertiary/aromatic N) is 1. The maximum absolute atomic E-state index is 8.61. The standard InChI is InChI=1S/C11H18N2O/c1-10(13-7-2-3-8-14)11-5-4-6-12-9-11/h4-6,9-10,13-14H,2-3,7-8H2,1H3. The fourth-order valence-corrected chi connectivity index (χ4v) is 1.31. The Morgan fingerprint density at radius 2 is 2.36 bits per heavy atom.